The van der Waals surface area contributed by atoms with Crippen LogP contribution in [0.5, 0.6) is 0 Å². The van der Waals surface area contributed by atoms with Crippen molar-refractivity contribution in [3.05, 3.63) is 64.1 Å². The number of aryl methyl sites for hydroxylation is 1. The zero-order chi connectivity index (χ0) is 22.5. The van der Waals surface area contributed by atoms with Crippen LogP contribution in [0.3, 0.4) is 0 Å². The number of hydrogen-bond donors (Lipinski definition) is 1. The maximum Gasteiger partial charge on any atom is 0.259 e. The van der Waals surface area contributed by atoms with E-state index in [0.717, 1.165) is 12.1 Å². The number of carbonyl (C=O) groups is 3. The third-order valence-corrected chi connectivity index (χ3v) is 5.32. The van der Waals surface area contributed by atoms with E-state index in [1.54, 1.807) is 9.47 Å². The van der Waals surface area contributed by atoms with Gasteiger partial charge in [0, 0.05) is 44.8 Å². The summed E-state index contributed by atoms with van der Waals surface area (Å²) in [5.41, 5.74) is -0.0162. The average molecular weight is 425 g/mol. The lowest BCUT2D eigenvalue weighted by Gasteiger charge is -2.34. The van der Waals surface area contributed by atoms with Crippen molar-refractivity contribution in [2.24, 2.45) is 5.92 Å². The summed E-state index contributed by atoms with van der Waals surface area (Å²) < 4.78 is 1.71. The van der Waals surface area contributed by atoms with Crippen LogP contribution in [0.1, 0.15) is 41.0 Å². The van der Waals surface area contributed by atoms with Crippen molar-refractivity contribution < 1.29 is 14.4 Å². The number of pyridine rings is 1. The van der Waals surface area contributed by atoms with E-state index < -0.39 is 17.2 Å². The number of hydrogen-bond acceptors (Lipinski definition) is 4. The Balaban J connectivity index is 1.86. The van der Waals surface area contributed by atoms with Crippen molar-refractivity contribution >= 4 is 23.4 Å². The first-order valence-corrected chi connectivity index (χ1v) is 10.4. The van der Waals surface area contributed by atoms with E-state index in [4.69, 9.17) is 0 Å². The van der Waals surface area contributed by atoms with E-state index >= 15 is 0 Å². The second-order valence-electron chi connectivity index (χ2n) is 8.02. The van der Waals surface area contributed by atoms with Gasteiger partial charge in [0.2, 0.25) is 11.3 Å². The van der Waals surface area contributed by atoms with Crippen LogP contribution in [0.2, 0.25) is 0 Å². The summed E-state index contributed by atoms with van der Waals surface area (Å²) in [4.78, 5) is 54.0. The fraction of sp³-hybridized carbons (Fsp3) is 0.391. The molecular formula is C23H28N4O4. The average Bonchev–Trinajstić information content (AvgIpc) is 2.77. The van der Waals surface area contributed by atoms with Crippen molar-refractivity contribution in [2.45, 2.75) is 26.8 Å². The van der Waals surface area contributed by atoms with E-state index in [2.05, 4.69) is 19.2 Å². The van der Waals surface area contributed by atoms with E-state index in [1.165, 1.54) is 24.3 Å². The first kappa shape index (κ1) is 22.3. The summed E-state index contributed by atoms with van der Waals surface area (Å²) in [5, 5.41) is 2.45. The molecule has 2 heterocycles. The molecule has 1 saturated heterocycles. The maximum absolute atomic E-state index is 13.2. The van der Waals surface area contributed by atoms with Crippen molar-refractivity contribution in [3.8, 4) is 0 Å². The van der Waals surface area contributed by atoms with Gasteiger partial charge in [-0.05, 0) is 24.5 Å². The van der Waals surface area contributed by atoms with Gasteiger partial charge in [-0.25, -0.2) is 0 Å². The van der Waals surface area contributed by atoms with Gasteiger partial charge < -0.3 is 19.7 Å². The first-order valence-electron chi connectivity index (χ1n) is 10.4. The van der Waals surface area contributed by atoms with E-state index in [0.29, 0.717) is 25.6 Å². The molecule has 1 aliphatic heterocycles. The van der Waals surface area contributed by atoms with Gasteiger partial charge in [0.05, 0.1) is 0 Å². The predicted octanol–water partition coefficient (Wildman–Crippen LogP) is 1.74. The van der Waals surface area contributed by atoms with Crippen LogP contribution < -0.4 is 15.6 Å². The number of nitrogens with one attached hydrogen (secondary N) is 1. The van der Waals surface area contributed by atoms with Crippen molar-refractivity contribution in [3.63, 3.8) is 0 Å². The van der Waals surface area contributed by atoms with Gasteiger partial charge in [0.1, 0.15) is 17.7 Å². The van der Waals surface area contributed by atoms with E-state index in [1.807, 2.05) is 30.3 Å². The Kier molecular flexibility index (Phi) is 6.89. The number of amides is 3. The van der Waals surface area contributed by atoms with Crippen LogP contribution in [0.15, 0.2) is 47.5 Å². The lowest BCUT2D eigenvalue weighted by molar-refractivity contribution is -0.120. The Morgan fingerprint density at radius 1 is 1.03 bits per heavy atom. The topological polar surface area (TPSA) is 91.7 Å². The second kappa shape index (κ2) is 9.59. The molecule has 0 spiro atoms. The van der Waals surface area contributed by atoms with E-state index in [-0.39, 0.29) is 23.6 Å². The van der Waals surface area contributed by atoms with Crippen molar-refractivity contribution in [1.82, 2.24) is 14.8 Å². The van der Waals surface area contributed by atoms with Gasteiger partial charge in [0.25, 0.3) is 11.8 Å². The number of aromatic nitrogens is 1. The Labute approximate surface area is 181 Å². The van der Waals surface area contributed by atoms with Gasteiger partial charge in [-0.3, -0.25) is 19.2 Å². The van der Waals surface area contributed by atoms with Crippen molar-refractivity contribution in [2.75, 3.05) is 31.6 Å². The number of nitrogens with zero attached hydrogens (tertiary/aromatic N) is 3. The molecule has 0 saturated carbocycles. The monoisotopic (exact) mass is 424 g/mol. The smallest absolute Gasteiger partial charge is 0.259 e. The molecule has 3 amide bonds. The Hall–Kier alpha value is -3.42. The molecule has 1 aromatic carbocycles. The molecule has 1 fully saturated rings. The van der Waals surface area contributed by atoms with Gasteiger partial charge in [-0.1, -0.05) is 32.0 Å². The van der Waals surface area contributed by atoms with Gasteiger partial charge in [-0.2, -0.15) is 0 Å². The van der Waals surface area contributed by atoms with Gasteiger partial charge in [-0.15, -0.1) is 0 Å². The number of para-hydroxylation sites is 1. The molecule has 31 heavy (non-hydrogen) atoms. The fourth-order valence-electron chi connectivity index (χ4n) is 3.51. The first-order chi connectivity index (χ1) is 14.8. The Bertz CT molecular complexity index is 1030. The van der Waals surface area contributed by atoms with Crippen LogP contribution in [0.25, 0.3) is 0 Å². The highest BCUT2D eigenvalue weighted by molar-refractivity contribution is 6.03. The lowest BCUT2D eigenvalue weighted by Crippen LogP contribution is -2.53. The minimum absolute atomic E-state index is 0.0774. The van der Waals surface area contributed by atoms with Crippen LogP contribution in [-0.2, 0) is 11.3 Å². The summed E-state index contributed by atoms with van der Waals surface area (Å²) >= 11 is 0. The van der Waals surface area contributed by atoms with Crippen LogP contribution >= 0.6 is 0 Å². The number of rotatable bonds is 6. The molecular weight excluding hydrogens is 396 g/mol. The van der Waals surface area contributed by atoms with Crippen molar-refractivity contribution in [1.29, 1.82) is 0 Å². The summed E-state index contributed by atoms with van der Waals surface area (Å²) in [6, 6.07) is 9.26. The predicted molar refractivity (Wildman–Crippen MR) is 118 cm³/mol. The molecule has 1 aliphatic rings. The lowest BCUT2D eigenvalue weighted by atomic mass is 10.1. The molecule has 0 radical (unpaired) electrons. The number of carbonyl (C=O) groups excluding carboxylic acids is 3. The maximum atomic E-state index is 13.2. The quantitative estimate of drug-likeness (QED) is 0.765. The normalized spacial score (nSPS) is 14.1. The third-order valence-electron chi connectivity index (χ3n) is 5.32. The second-order valence-corrected chi connectivity index (χ2v) is 8.02. The van der Waals surface area contributed by atoms with Gasteiger partial charge in [0.15, 0.2) is 0 Å². The van der Waals surface area contributed by atoms with Crippen LogP contribution in [0, 0.1) is 5.92 Å². The highest BCUT2D eigenvalue weighted by atomic mass is 16.2. The molecule has 0 bridgehead atoms. The number of benzene rings is 1. The fourth-order valence-corrected chi connectivity index (χ4v) is 3.51. The SMILES string of the molecule is CNC(=O)c1cn(CCC(C)C)cc(C(=O)N2CCN(c3ccccc3)C(=O)C2)c1=O. The molecule has 3 rings (SSSR count). The van der Waals surface area contributed by atoms with Crippen LogP contribution in [-0.4, -0.2) is 53.9 Å². The molecule has 1 N–H and O–H groups in total. The van der Waals surface area contributed by atoms with Gasteiger partial charge >= 0.3 is 0 Å². The molecule has 0 aliphatic carbocycles. The Morgan fingerprint density at radius 3 is 2.32 bits per heavy atom. The molecule has 8 heteroatoms. The highest BCUT2D eigenvalue weighted by Crippen LogP contribution is 2.17. The summed E-state index contributed by atoms with van der Waals surface area (Å²) in [7, 11) is 1.44. The Morgan fingerprint density at radius 2 is 1.71 bits per heavy atom. The summed E-state index contributed by atoms with van der Waals surface area (Å²) in [6.45, 7) is 5.24. The third kappa shape index (κ3) is 5.02. The number of piperazine rings is 1. The van der Waals surface area contributed by atoms with Crippen LogP contribution in [0.4, 0.5) is 5.69 Å². The molecule has 8 nitrogen and oxygen atoms in total. The standard InChI is InChI=1S/C23H28N4O4/c1-16(2)9-10-25-13-18(22(30)24-3)21(29)19(14-25)23(31)26-11-12-27(20(28)15-26)17-7-5-4-6-8-17/h4-8,13-14,16H,9-12,15H2,1-3H3,(H,24,30). The summed E-state index contributed by atoms with van der Waals surface area (Å²) in [5.74, 6) is -0.864. The minimum Gasteiger partial charge on any atom is -0.355 e. The minimum atomic E-state index is -0.622. The molecule has 2 aromatic rings. The largest absolute Gasteiger partial charge is 0.355 e. The zero-order valence-corrected chi connectivity index (χ0v) is 18.1. The highest BCUT2D eigenvalue weighted by Gasteiger charge is 2.30. The number of anilines is 1. The zero-order valence-electron chi connectivity index (χ0n) is 18.1. The molecule has 0 atom stereocenters. The molecule has 1 aromatic heterocycles. The molecule has 0 unspecified atom stereocenters. The van der Waals surface area contributed by atoms with E-state index in [9.17, 15) is 19.2 Å². The summed E-state index contributed by atoms with van der Waals surface area (Å²) in [6.07, 6.45) is 3.81. The molecule has 164 valence electrons.